The summed E-state index contributed by atoms with van der Waals surface area (Å²) in [6, 6.07) is 7.72. The Labute approximate surface area is 204 Å². The first-order chi connectivity index (χ1) is 16.6. The number of esters is 1. The lowest BCUT2D eigenvalue weighted by Crippen LogP contribution is -2.51. The maximum absolute atomic E-state index is 13.1. The summed E-state index contributed by atoms with van der Waals surface area (Å²) in [4.78, 5) is 25.7. The van der Waals surface area contributed by atoms with Gasteiger partial charge in [-0.1, -0.05) is 17.7 Å². The molecule has 10 nitrogen and oxygen atoms in total. The fourth-order valence-electron chi connectivity index (χ4n) is 3.77. The van der Waals surface area contributed by atoms with Gasteiger partial charge in [-0.2, -0.15) is 0 Å². The number of amides is 2. The van der Waals surface area contributed by atoms with E-state index in [9.17, 15) is 18.0 Å². The van der Waals surface area contributed by atoms with Crippen LogP contribution >= 0.6 is 0 Å². The van der Waals surface area contributed by atoms with Gasteiger partial charge in [-0.3, -0.25) is 4.79 Å². The summed E-state index contributed by atoms with van der Waals surface area (Å²) in [5.74, 6) is -0.991. The predicted molar refractivity (Wildman–Crippen MR) is 127 cm³/mol. The van der Waals surface area contributed by atoms with Crippen molar-refractivity contribution in [1.29, 1.82) is 0 Å². The zero-order valence-electron chi connectivity index (χ0n) is 20.1. The number of aryl methyl sites for hydroxylation is 1. The first kappa shape index (κ1) is 25.9. The second-order valence-corrected chi connectivity index (χ2v) is 9.49. The number of sulfone groups is 1. The highest BCUT2D eigenvalue weighted by Gasteiger charge is 2.41. The molecule has 0 spiro atoms. The zero-order valence-corrected chi connectivity index (χ0v) is 20.9. The van der Waals surface area contributed by atoms with E-state index in [1.807, 2.05) is 6.92 Å². The van der Waals surface area contributed by atoms with Crippen molar-refractivity contribution in [2.45, 2.75) is 24.8 Å². The van der Waals surface area contributed by atoms with E-state index in [0.717, 1.165) is 11.0 Å². The van der Waals surface area contributed by atoms with Gasteiger partial charge in [-0.15, -0.1) is 0 Å². The van der Waals surface area contributed by atoms with Gasteiger partial charge in [0.15, 0.2) is 11.5 Å². The molecule has 2 atom stereocenters. The molecule has 1 aliphatic heterocycles. The average molecular weight is 505 g/mol. The van der Waals surface area contributed by atoms with Crippen LogP contribution in [0.3, 0.4) is 0 Å². The second kappa shape index (κ2) is 10.7. The highest BCUT2D eigenvalue weighted by atomic mass is 32.2. The van der Waals surface area contributed by atoms with Crippen LogP contribution < -0.4 is 24.8 Å². The maximum Gasteiger partial charge on any atom is 0.319 e. The molecule has 0 aromatic heterocycles. The second-order valence-electron chi connectivity index (χ2n) is 7.70. The molecular weight excluding hydrogens is 476 g/mol. The van der Waals surface area contributed by atoms with Gasteiger partial charge < -0.3 is 29.6 Å². The summed E-state index contributed by atoms with van der Waals surface area (Å²) in [7, 11) is 0.314. The van der Waals surface area contributed by atoms with Gasteiger partial charge in [0.1, 0.15) is 5.92 Å². The van der Waals surface area contributed by atoms with Gasteiger partial charge in [0.25, 0.3) is 0 Å². The number of benzene rings is 2. The van der Waals surface area contributed by atoms with Gasteiger partial charge in [-0.05, 0) is 43.7 Å². The number of nitrogens with one attached hydrogen (secondary N) is 2. The third-order valence-corrected chi connectivity index (χ3v) is 6.92. The van der Waals surface area contributed by atoms with Gasteiger partial charge in [0, 0.05) is 5.70 Å². The quantitative estimate of drug-likeness (QED) is 0.525. The van der Waals surface area contributed by atoms with E-state index in [2.05, 4.69) is 10.6 Å². The SMILES string of the molecule is CCOC(=O)[C@@H]1/C(=C\S(=O)(=O)c2ccc(C)cc2)NC(=O)N[C@H]1c1cc(OC)c(OC)c(OC)c1. The molecule has 2 aromatic rings. The lowest BCUT2D eigenvalue weighted by molar-refractivity contribution is -0.147. The third kappa shape index (κ3) is 5.51. The molecular formula is C24H28N2O8S. The Hall–Kier alpha value is -3.73. The number of rotatable bonds is 8. The van der Waals surface area contributed by atoms with Crippen molar-refractivity contribution >= 4 is 21.8 Å². The molecule has 0 radical (unpaired) electrons. The highest BCUT2D eigenvalue weighted by molar-refractivity contribution is 7.94. The molecule has 2 N–H and O–H groups in total. The summed E-state index contributed by atoms with van der Waals surface area (Å²) < 4.78 is 47.6. The van der Waals surface area contributed by atoms with Crippen molar-refractivity contribution in [3.63, 3.8) is 0 Å². The number of methoxy groups -OCH3 is 3. The molecule has 2 amide bonds. The Balaban J connectivity index is 2.17. The van der Waals surface area contributed by atoms with Crippen molar-refractivity contribution in [3.05, 3.63) is 58.6 Å². The van der Waals surface area contributed by atoms with Crippen LogP contribution in [0.5, 0.6) is 17.2 Å². The van der Waals surface area contributed by atoms with E-state index < -0.39 is 33.8 Å². The summed E-state index contributed by atoms with van der Waals surface area (Å²) in [5, 5.41) is 6.04. The molecule has 1 saturated heterocycles. The largest absolute Gasteiger partial charge is 0.493 e. The zero-order chi connectivity index (χ0) is 25.8. The number of hydrogen-bond acceptors (Lipinski definition) is 8. The lowest BCUT2D eigenvalue weighted by Gasteiger charge is -2.34. The number of carbonyl (C=O) groups is 2. The Kier molecular flexibility index (Phi) is 7.90. The minimum atomic E-state index is -4.01. The molecule has 188 valence electrons. The van der Waals surface area contributed by atoms with Crippen molar-refractivity contribution in [1.82, 2.24) is 10.6 Å². The van der Waals surface area contributed by atoms with Gasteiger partial charge in [-0.25, -0.2) is 13.2 Å². The molecule has 1 fully saturated rings. The van der Waals surface area contributed by atoms with Crippen molar-refractivity contribution < 1.29 is 37.0 Å². The van der Waals surface area contributed by atoms with E-state index >= 15 is 0 Å². The third-order valence-electron chi connectivity index (χ3n) is 5.43. The molecule has 2 aromatic carbocycles. The highest BCUT2D eigenvalue weighted by Crippen LogP contribution is 2.42. The van der Waals surface area contributed by atoms with Crippen LogP contribution in [0, 0.1) is 12.8 Å². The van der Waals surface area contributed by atoms with Crippen LogP contribution in [0.15, 0.2) is 52.4 Å². The molecule has 3 rings (SSSR count). The van der Waals surface area contributed by atoms with Crippen molar-refractivity contribution in [2.24, 2.45) is 5.92 Å². The maximum atomic E-state index is 13.1. The predicted octanol–water partition coefficient (Wildman–Crippen LogP) is 2.87. The topological polar surface area (TPSA) is 129 Å². The van der Waals surface area contributed by atoms with Gasteiger partial charge in [0.2, 0.25) is 15.6 Å². The summed E-state index contributed by atoms with van der Waals surface area (Å²) in [5.41, 5.74) is 1.19. The number of carbonyl (C=O) groups excluding carboxylic acids is 2. The summed E-state index contributed by atoms with van der Waals surface area (Å²) in [6.07, 6.45) is 0. The van der Waals surface area contributed by atoms with E-state index in [0.29, 0.717) is 22.8 Å². The van der Waals surface area contributed by atoms with Crippen molar-refractivity contribution in [2.75, 3.05) is 27.9 Å². The lowest BCUT2D eigenvalue weighted by atomic mass is 9.88. The van der Waals surface area contributed by atoms with Crippen LogP contribution in [0.4, 0.5) is 4.79 Å². The Morgan fingerprint density at radius 1 is 1.03 bits per heavy atom. The normalized spacial score (nSPS) is 18.9. The molecule has 0 unspecified atom stereocenters. The van der Waals surface area contributed by atoms with Crippen LogP contribution in [0.1, 0.15) is 24.1 Å². The van der Waals surface area contributed by atoms with E-state index in [4.69, 9.17) is 18.9 Å². The van der Waals surface area contributed by atoms with Crippen LogP contribution in [-0.2, 0) is 19.4 Å². The minimum Gasteiger partial charge on any atom is -0.493 e. The number of hydrogen-bond donors (Lipinski definition) is 2. The molecule has 35 heavy (non-hydrogen) atoms. The van der Waals surface area contributed by atoms with E-state index in [-0.39, 0.29) is 17.2 Å². The standard InChI is InChI=1S/C24H28N2O8S/c1-6-34-23(27)20-17(13-35(29,30)16-9-7-14(2)8-10-16)25-24(28)26-21(20)15-11-18(31-3)22(33-5)19(12-15)32-4/h7-13,20-21H,6H2,1-5H3,(H2,25,26,28)/b17-13+/t20-,21+/m1/s1. The van der Waals surface area contributed by atoms with Crippen LogP contribution in [0.2, 0.25) is 0 Å². The Morgan fingerprint density at radius 3 is 2.14 bits per heavy atom. The van der Waals surface area contributed by atoms with Crippen LogP contribution in [-0.4, -0.2) is 48.4 Å². The first-order valence-corrected chi connectivity index (χ1v) is 12.3. The van der Waals surface area contributed by atoms with E-state index in [1.165, 1.54) is 33.5 Å². The summed E-state index contributed by atoms with van der Waals surface area (Å²) >= 11 is 0. The van der Waals surface area contributed by atoms with Crippen LogP contribution in [0.25, 0.3) is 0 Å². The summed E-state index contributed by atoms with van der Waals surface area (Å²) in [6.45, 7) is 3.53. The minimum absolute atomic E-state index is 0.0235. The smallest absolute Gasteiger partial charge is 0.319 e. The van der Waals surface area contributed by atoms with E-state index in [1.54, 1.807) is 31.2 Å². The monoisotopic (exact) mass is 504 g/mol. The molecule has 0 bridgehead atoms. The average Bonchev–Trinajstić information content (AvgIpc) is 2.82. The number of ether oxygens (including phenoxy) is 4. The number of urea groups is 1. The Bertz CT molecular complexity index is 1210. The first-order valence-electron chi connectivity index (χ1n) is 10.7. The fourth-order valence-corrected chi connectivity index (χ4v) is 4.96. The van der Waals surface area contributed by atoms with Crippen molar-refractivity contribution in [3.8, 4) is 17.2 Å². The fraction of sp³-hybridized carbons (Fsp3) is 0.333. The van der Waals surface area contributed by atoms with Gasteiger partial charge in [0.05, 0.1) is 44.3 Å². The molecule has 11 heteroatoms. The molecule has 1 aliphatic rings. The molecule has 0 saturated carbocycles. The van der Waals surface area contributed by atoms with Gasteiger partial charge >= 0.3 is 12.0 Å². The Morgan fingerprint density at radius 2 is 1.63 bits per heavy atom. The molecule has 1 heterocycles. The molecule has 0 aliphatic carbocycles.